The van der Waals surface area contributed by atoms with E-state index in [1.165, 1.54) is 5.56 Å². The summed E-state index contributed by atoms with van der Waals surface area (Å²) in [7, 11) is 1.75. The molecule has 1 N–H and O–H groups in total. The summed E-state index contributed by atoms with van der Waals surface area (Å²) in [5, 5.41) is 3.44. The number of nitrogens with one attached hydrogen (secondary N) is 1. The quantitative estimate of drug-likeness (QED) is 0.888. The summed E-state index contributed by atoms with van der Waals surface area (Å²) in [5.74, 6) is 0.267. The third-order valence-electron chi connectivity index (χ3n) is 4.21. The molecule has 1 aliphatic rings. The zero-order chi connectivity index (χ0) is 13.0. The predicted molar refractivity (Wildman–Crippen MR) is 71.2 cm³/mol. The van der Waals surface area contributed by atoms with Crippen LogP contribution in [-0.4, -0.2) is 26.8 Å². The molecule has 0 bridgehead atoms. The molecule has 3 heteroatoms. The van der Waals surface area contributed by atoms with Crippen molar-refractivity contribution in [1.82, 2.24) is 5.32 Å². The Morgan fingerprint density at radius 2 is 2.11 bits per heavy atom. The Morgan fingerprint density at radius 3 is 2.78 bits per heavy atom. The molecule has 0 saturated carbocycles. The van der Waals surface area contributed by atoms with Crippen LogP contribution in [-0.2, 0) is 4.74 Å². The van der Waals surface area contributed by atoms with Gasteiger partial charge in [0.2, 0.25) is 0 Å². The van der Waals surface area contributed by atoms with E-state index in [0.29, 0.717) is 5.92 Å². The molecule has 100 valence electrons. The maximum atomic E-state index is 13.0. The summed E-state index contributed by atoms with van der Waals surface area (Å²) in [6.45, 7) is 5.12. The van der Waals surface area contributed by atoms with E-state index in [9.17, 15) is 4.39 Å². The summed E-state index contributed by atoms with van der Waals surface area (Å²) in [6, 6.07) is 6.94. The van der Waals surface area contributed by atoms with Gasteiger partial charge in [0.1, 0.15) is 5.82 Å². The lowest BCUT2D eigenvalue weighted by Crippen LogP contribution is -2.42. The van der Waals surface area contributed by atoms with Crippen molar-refractivity contribution in [2.24, 2.45) is 5.41 Å². The zero-order valence-corrected chi connectivity index (χ0v) is 11.2. The summed E-state index contributed by atoms with van der Waals surface area (Å²) in [6.07, 6.45) is 2.19. The van der Waals surface area contributed by atoms with Crippen LogP contribution in [0.25, 0.3) is 0 Å². The number of hydrogen-bond acceptors (Lipinski definition) is 2. The first-order valence-corrected chi connectivity index (χ1v) is 6.61. The normalized spacial score (nSPS) is 28.3. The molecule has 1 fully saturated rings. The first kappa shape index (κ1) is 13.5. The molecule has 18 heavy (non-hydrogen) atoms. The van der Waals surface area contributed by atoms with Crippen LogP contribution in [0, 0.1) is 11.2 Å². The van der Waals surface area contributed by atoms with Gasteiger partial charge in [-0.2, -0.15) is 0 Å². The number of rotatable bonds is 4. The number of piperidine rings is 1. The zero-order valence-electron chi connectivity index (χ0n) is 11.2. The minimum atomic E-state index is -0.166. The first-order valence-electron chi connectivity index (χ1n) is 6.61. The standard InChI is InChI=1S/C15H22FNO/c1-15(8-10-18-2)7-9-17-11-14(15)12-3-5-13(16)6-4-12/h3-6,14,17H,7-11H2,1-2H3. The Morgan fingerprint density at radius 1 is 1.39 bits per heavy atom. The molecule has 2 unspecified atom stereocenters. The van der Waals surface area contributed by atoms with Crippen LogP contribution in [0.2, 0.25) is 0 Å². The molecule has 1 heterocycles. The number of benzene rings is 1. The third kappa shape index (κ3) is 2.90. The summed E-state index contributed by atoms with van der Waals surface area (Å²) >= 11 is 0. The number of hydrogen-bond donors (Lipinski definition) is 1. The molecule has 0 spiro atoms. The molecule has 1 aliphatic heterocycles. The lowest BCUT2D eigenvalue weighted by atomic mass is 9.67. The van der Waals surface area contributed by atoms with Gasteiger partial charge in [-0.3, -0.25) is 0 Å². The molecule has 0 radical (unpaired) electrons. The van der Waals surface area contributed by atoms with Crippen LogP contribution >= 0.6 is 0 Å². The van der Waals surface area contributed by atoms with Gasteiger partial charge in [0.25, 0.3) is 0 Å². The molecule has 1 aromatic rings. The van der Waals surface area contributed by atoms with Gasteiger partial charge in [0, 0.05) is 26.2 Å². The van der Waals surface area contributed by atoms with Crippen molar-refractivity contribution in [3.8, 4) is 0 Å². The molecule has 0 aromatic heterocycles. The van der Waals surface area contributed by atoms with E-state index in [2.05, 4.69) is 12.2 Å². The molecule has 1 saturated heterocycles. The van der Waals surface area contributed by atoms with Gasteiger partial charge in [-0.05, 0) is 42.5 Å². The highest BCUT2D eigenvalue weighted by Crippen LogP contribution is 2.43. The molecule has 0 aliphatic carbocycles. The molecular weight excluding hydrogens is 229 g/mol. The predicted octanol–water partition coefficient (Wildman–Crippen LogP) is 2.95. The van der Waals surface area contributed by atoms with Crippen molar-refractivity contribution in [1.29, 1.82) is 0 Å². The van der Waals surface area contributed by atoms with E-state index in [1.807, 2.05) is 12.1 Å². The van der Waals surface area contributed by atoms with E-state index >= 15 is 0 Å². The topological polar surface area (TPSA) is 21.3 Å². The smallest absolute Gasteiger partial charge is 0.123 e. The van der Waals surface area contributed by atoms with Crippen molar-refractivity contribution in [3.05, 3.63) is 35.6 Å². The first-order chi connectivity index (χ1) is 8.65. The lowest BCUT2D eigenvalue weighted by Gasteiger charge is -2.42. The van der Waals surface area contributed by atoms with Crippen LogP contribution in [0.5, 0.6) is 0 Å². The van der Waals surface area contributed by atoms with Gasteiger partial charge in [0.15, 0.2) is 0 Å². The second kappa shape index (κ2) is 5.81. The SMILES string of the molecule is COCCC1(C)CCNCC1c1ccc(F)cc1. The average molecular weight is 251 g/mol. The Hall–Kier alpha value is -0.930. The van der Waals surface area contributed by atoms with Gasteiger partial charge < -0.3 is 10.1 Å². The molecule has 2 rings (SSSR count). The highest BCUT2D eigenvalue weighted by Gasteiger charge is 2.36. The summed E-state index contributed by atoms with van der Waals surface area (Å²) in [4.78, 5) is 0. The second-order valence-corrected chi connectivity index (χ2v) is 5.46. The van der Waals surface area contributed by atoms with E-state index in [0.717, 1.165) is 32.5 Å². The van der Waals surface area contributed by atoms with Crippen molar-refractivity contribution < 1.29 is 9.13 Å². The highest BCUT2D eigenvalue weighted by atomic mass is 19.1. The maximum absolute atomic E-state index is 13.0. The van der Waals surface area contributed by atoms with E-state index in [4.69, 9.17) is 4.74 Å². The Bertz CT molecular complexity index is 379. The van der Waals surface area contributed by atoms with Crippen LogP contribution in [0.3, 0.4) is 0 Å². The van der Waals surface area contributed by atoms with Crippen LogP contribution < -0.4 is 5.32 Å². The van der Waals surface area contributed by atoms with Gasteiger partial charge in [-0.25, -0.2) is 4.39 Å². The monoisotopic (exact) mass is 251 g/mol. The molecular formula is C15H22FNO. The Labute approximate surface area is 109 Å². The van der Waals surface area contributed by atoms with Crippen LogP contribution in [0.4, 0.5) is 4.39 Å². The minimum Gasteiger partial charge on any atom is -0.385 e. The van der Waals surface area contributed by atoms with Gasteiger partial charge in [-0.1, -0.05) is 19.1 Å². The van der Waals surface area contributed by atoms with Crippen molar-refractivity contribution in [3.63, 3.8) is 0 Å². The van der Waals surface area contributed by atoms with Crippen LogP contribution in [0.1, 0.15) is 31.2 Å². The van der Waals surface area contributed by atoms with Crippen molar-refractivity contribution in [2.45, 2.75) is 25.7 Å². The van der Waals surface area contributed by atoms with E-state index < -0.39 is 0 Å². The maximum Gasteiger partial charge on any atom is 0.123 e. The number of halogens is 1. The molecule has 0 amide bonds. The fraction of sp³-hybridized carbons (Fsp3) is 0.600. The fourth-order valence-electron chi connectivity index (χ4n) is 2.89. The largest absolute Gasteiger partial charge is 0.385 e. The number of methoxy groups -OCH3 is 1. The van der Waals surface area contributed by atoms with Gasteiger partial charge >= 0.3 is 0 Å². The second-order valence-electron chi connectivity index (χ2n) is 5.46. The van der Waals surface area contributed by atoms with Gasteiger partial charge in [0.05, 0.1) is 0 Å². The molecule has 1 aromatic carbocycles. The van der Waals surface area contributed by atoms with Crippen molar-refractivity contribution in [2.75, 3.05) is 26.8 Å². The summed E-state index contributed by atoms with van der Waals surface area (Å²) < 4.78 is 18.2. The van der Waals surface area contributed by atoms with E-state index in [1.54, 1.807) is 19.2 Å². The van der Waals surface area contributed by atoms with E-state index in [-0.39, 0.29) is 11.2 Å². The van der Waals surface area contributed by atoms with Crippen molar-refractivity contribution >= 4 is 0 Å². The third-order valence-corrected chi connectivity index (χ3v) is 4.21. The minimum absolute atomic E-state index is 0.166. The van der Waals surface area contributed by atoms with Crippen LogP contribution in [0.15, 0.2) is 24.3 Å². The summed E-state index contributed by atoms with van der Waals surface area (Å²) in [5.41, 5.74) is 1.46. The molecule has 2 nitrogen and oxygen atoms in total. The highest BCUT2D eigenvalue weighted by molar-refractivity contribution is 5.24. The Balaban J connectivity index is 2.19. The van der Waals surface area contributed by atoms with Gasteiger partial charge in [-0.15, -0.1) is 0 Å². The Kier molecular flexibility index (Phi) is 4.36. The molecule has 2 atom stereocenters. The lowest BCUT2D eigenvalue weighted by molar-refractivity contribution is 0.104. The fourth-order valence-corrected chi connectivity index (χ4v) is 2.89. The average Bonchev–Trinajstić information content (AvgIpc) is 2.38. The number of ether oxygens (including phenoxy) is 1.